The van der Waals surface area contributed by atoms with Crippen LogP contribution >= 0.6 is 0 Å². The minimum atomic E-state index is -0.782. The molecular weight excluding hydrogens is 757 g/mol. The van der Waals surface area contributed by atoms with Crippen LogP contribution in [0.2, 0.25) is 0 Å². The van der Waals surface area contributed by atoms with Crippen LogP contribution in [0.3, 0.4) is 0 Å². The van der Waals surface area contributed by atoms with Crippen molar-refractivity contribution in [3.8, 4) is 0 Å². The molecule has 354 valence electrons. The lowest BCUT2D eigenvalue weighted by Crippen LogP contribution is -2.30. The second kappa shape index (κ2) is 50.0. The fraction of sp³-hybridized carbons (Fsp3) is 0.800. The minimum Gasteiger partial charge on any atom is -0.462 e. The second-order valence-electron chi connectivity index (χ2n) is 17.4. The lowest BCUT2D eigenvalue weighted by atomic mass is 10.0. The summed E-state index contributed by atoms with van der Waals surface area (Å²) >= 11 is 0. The van der Waals surface area contributed by atoms with Crippen molar-refractivity contribution in [2.45, 2.75) is 271 Å². The Balaban J connectivity index is 4.05. The molecule has 6 heteroatoms. The first-order valence-corrected chi connectivity index (χ1v) is 26.1. The van der Waals surface area contributed by atoms with Gasteiger partial charge in [0.1, 0.15) is 13.2 Å². The second-order valence-corrected chi connectivity index (χ2v) is 17.4. The Kier molecular flexibility index (Phi) is 47.9. The molecule has 0 aliphatic carbocycles. The van der Waals surface area contributed by atoms with Gasteiger partial charge in [-0.3, -0.25) is 14.4 Å². The Morgan fingerprint density at radius 3 is 1.03 bits per heavy atom. The predicted octanol–water partition coefficient (Wildman–Crippen LogP) is 17.1. The average Bonchev–Trinajstić information content (AvgIpc) is 3.26. The zero-order valence-electron chi connectivity index (χ0n) is 40.4. The molecule has 0 bridgehead atoms. The van der Waals surface area contributed by atoms with E-state index in [2.05, 4.69) is 69.4 Å². The van der Waals surface area contributed by atoms with Crippen molar-refractivity contribution in [1.82, 2.24) is 0 Å². The van der Waals surface area contributed by atoms with E-state index in [9.17, 15) is 14.4 Å². The summed E-state index contributed by atoms with van der Waals surface area (Å²) in [5.41, 5.74) is 0. The highest BCUT2D eigenvalue weighted by molar-refractivity contribution is 5.71. The molecule has 0 aromatic rings. The summed E-state index contributed by atoms with van der Waals surface area (Å²) in [5.74, 6) is -0.924. The lowest BCUT2D eigenvalue weighted by Gasteiger charge is -2.18. The molecular formula is C55H98O6. The maximum absolute atomic E-state index is 12.7. The molecule has 0 aliphatic rings. The van der Waals surface area contributed by atoms with E-state index in [0.717, 1.165) is 89.9 Å². The van der Waals surface area contributed by atoms with Gasteiger partial charge in [-0.1, -0.05) is 217 Å². The number of ether oxygens (including phenoxy) is 3. The van der Waals surface area contributed by atoms with E-state index in [1.165, 1.54) is 135 Å². The molecule has 61 heavy (non-hydrogen) atoms. The molecule has 0 saturated carbocycles. The third-order valence-electron chi connectivity index (χ3n) is 11.3. The van der Waals surface area contributed by atoms with Crippen LogP contribution in [0.4, 0.5) is 0 Å². The van der Waals surface area contributed by atoms with Gasteiger partial charge in [0.05, 0.1) is 0 Å². The summed E-state index contributed by atoms with van der Waals surface area (Å²) in [4.78, 5) is 37.6. The van der Waals surface area contributed by atoms with Crippen molar-refractivity contribution < 1.29 is 28.6 Å². The molecule has 0 spiro atoms. The van der Waals surface area contributed by atoms with E-state index in [-0.39, 0.29) is 31.1 Å². The van der Waals surface area contributed by atoms with Crippen LogP contribution in [0.25, 0.3) is 0 Å². The molecule has 0 radical (unpaired) electrons. The molecule has 0 heterocycles. The van der Waals surface area contributed by atoms with Gasteiger partial charge in [0.25, 0.3) is 0 Å². The van der Waals surface area contributed by atoms with Crippen LogP contribution in [0, 0.1) is 0 Å². The van der Waals surface area contributed by atoms with E-state index in [4.69, 9.17) is 14.2 Å². The first kappa shape index (κ1) is 58.4. The Morgan fingerprint density at radius 1 is 0.344 bits per heavy atom. The van der Waals surface area contributed by atoms with E-state index in [1.807, 2.05) is 0 Å². The zero-order valence-corrected chi connectivity index (χ0v) is 40.4. The van der Waals surface area contributed by atoms with Crippen LogP contribution < -0.4 is 0 Å². The van der Waals surface area contributed by atoms with Crippen molar-refractivity contribution >= 4 is 17.9 Å². The largest absolute Gasteiger partial charge is 0.462 e. The molecule has 0 aromatic heterocycles. The van der Waals surface area contributed by atoms with Crippen LogP contribution in [0.1, 0.15) is 265 Å². The fourth-order valence-electron chi connectivity index (χ4n) is 7.39. The smallest absolute Gasteiger partial charge is 0.306 e. The number of rotatable bonds is 47. The van der Waals surface area contributed by atoms with Gasteiger partial charge >= 0.3 is 17.9 Å². The van der Waals surface area contributed by atoms with Crippen molar-refractivity contribution in [3.63, 3.8) is 0 Å². The standard InChI is InChI=1S/C55H98O6/c1-4-7-10-13-15-17-19-21-22-23-24-25-26-27-28-29-30-31-32-34-35-37-39-42-45-48-54(57)60-51-52(50-59-53(56)47-44-41-12-9-6-3)61-55(58)49-46-43-40-38-36-33-20-18-16-14-11-8-5-2/h8,11,16,18,23-24,33,36,52H,4-7,9-10,12-15,17,19-22,25-32,34-35,37-51H2,1-3H3/b11-8-,18-16-,24-23-,36-33-. The number of carbonyl (C=O) groups is 3. The van der Waals surface area contributed by atoms with E-state index in [1.54, 1.807) is 0 Å². The summed E-state index contributed by atoms with van der Waals surface area (Å²) < 4.78 is 16.6. The Hall–Kier alpha value is -2.63. The van der Waals surface area contributed by atoms with Gasteiger partial charge in [-0.2, -0.15) is 0 Å². The van der Waals surface area contributed by atoms with Crippen LogP contribution in [0.15, 0.2) is 48.6 Å². The highest BCUT2D eigenvalue weighted by Gasteiger charge is 2.19. The van der Waals surface area contributed by atoms with E-state index < -0.39 is 6.10 Å². The highest BCUT2D eigenvalue weighted by Crippen LogP contribution is 2.15. The number of carbonyl (C=O) groups excluding carboxylic acids is 3. The topological polar surface area (TPSA) is 78.9 Å². The lowest BCUT2D eigenvalue weighted by molar-refractivity contribution is -0.167. The number of hydrogen-bond acceptors (Lipinski definition) is 6. The average molecular weight is 855 g/mol. The van der Waals surface area contributed by atoms with Crippen molar-refractivity contribution in [2.75, 3.05) is 13.2 Å². The normalized spacial score (nSPS) is 12.4. The van der Waals surface area contributed by atoms with Gasteiger partial charge in [0.15, 0.2) is 6.10 Å². The van der Waals surface area contributed by atoms with Crippen molar-refractivity contribution in [2.24, 2.45) is 0 Å². The summed E-state index contributed by atoms with van der Waals surface area (Å²) in [5, 5.41) is 0. The molecule has 0 rings (SSSR count). The Morgan fingerprint density at radius 2 is 0.639 bits per heavy atom. The molecule has 0 N–H and O–H groups in total. The molecule has 0 fully saturated rings. The summed E-state index contributed by atoms with van der Waals surface area (Å²) in [6.45, 7) is 6.42. The number of hydrogen-bond donors (Lipinski definition) is 0. The van der Waals surface area contributed by atoms with E-state index >= 15 is 0 Å². The van der Waals surface area contributed by atoms with Crippen molar-refractivity contribution in [3.05, 3.63) is 48.6 Å². The third kappa shape index (κ3) is 48.3. The first-order valence-electron chi connectivity index (χ1n) is 26.1. The minimum absolute atomic E-state index is 0.0841. The Labute approximate surface area is 378 Å². The molecule has 0 aromatic carbocycles. The van der Waals surface area contributed by atoms with Gasteiger partial charge in [-0.15, -0.1) is 0 Å². The fourth-order valence-corrected chi connectivity index (χ4v) is 7.39. The first-order chi connectivity index (χ1) is 30.0. The Bertz CT molecular complexity index is 1070. The maximum atomic E-state index is 12.7. The van der Waals surface area contributed by atoms with Crippen LogP contribution in [0.5, 0.6) is 0 Å². The molecule has 0 saturated heterocycles. The highest BCUT2D eigenvalue weighted by atomic mass is 16.6. The number of unbranched alkanes of at least 4 members (excludes halogenated alkanes) is 28. The summed E-state index contributed by atoms with van der Waals surface area (Å²) in [6, 6.07) is 0. The maximum Gasteiger partial charge on any atom is 0.306 e. The monoisotopic (exact) mass is 855 g/mol. The van der Waals surface area contributed by atoms with Crippen LogP contribution in [-0.4, -0.2) is 37.2 Å². The number of esters is 3. The van der Waals surface area contributed by atoms with Crippen molar-refractivity contribution in [1.29, 1.82) is 0 Å². The molecule has 0 aliphatic heterocycles. The van der Waals surface area contributed by atoms with Gasteiger partial charge in [0, 0.05) is 19.3 Å². The van der Waals surface area contributed by atoms with Gasteiger partial charge in [-0.25, -0.2) is 0 Å². The molecule has 1 atom stereocenters. The summed E-state index contributed by atoms with van der Waals surface area (Å²) in [6.07, 6.45) is 60.1. The quantitative estimate of drug-likeness (QED) is 0.0263. The molecule has 1 unspecified atom stereocenters. The molecule has 0 amide bonds. The zero-order chi connectivity index (χ0) is 44.4. The van der Waals surface area contributed by atoms with E-state index in [0.29, 0.717) is 19.3 Å². The third-order valence-corrected chi connectivity index (χ3v) is 11.3. The SMILES string of the molecule is CC/C=C\C/C=C\C/C=C\CCCCCC(=O)OC(COC(=O)CCCCCCC)COC(=O)CCCCCCCCCCCCCCC/C=C\CCCCCCCCCC. The number of allylic oxidation sites excluding steroid dienone is 8. The van der Waals surface area contributed by atoms with Gasteiger partial charge < -0.3 is 14.2 Å². The van der Waals surface area contributed by atoms with Crippen LogP contribution in [-0.2, 0) is 28.6 Å². The molecule has 6 nitrogen and oxygen atoms in total. The van der Waals surface area contributed by atoms with Gasteiger partial charge in [-0.05, 0) is 77.0 Å². The summed E-state index contributed by atoms with van der Waals surface area (Å²) in [7, 11) is 0. The predicted molar refractivity (Wildman–Crippen MR) is 261 cm³/mol. The van der Waals surface area contributed by atoms with Gasteiger partial charge in [0.2, 0.25) is 0 Å².